The lowest BCUT2D eigenvalue weighted by Gasteiger charge is -2.16. The van der Waals surface area contributed by atoms with Crippen LogP contribution in [0, 0.1) is 11.3 Å². The van der Waals surface area contributed by atoms with Gasteiger partial charge in [0.05, 0.1) is 12.5 Å². The number of nitrogens with zero attached hydrogens (tertiary/aromatic N) is 1. The number of benzene rings is 1. The molecule has 0 unspecified atom stereocenters. The summed E-state index contributed by atoms with van der Waals surface area (Å²) >= 11 is 3.12. The minimum atomic E-state index is -4.78. The van der Waals surface area contributed by atoms with Crippen LogP contribution in [-0.2, 0) is 0 Å². The van der Waals surface area contributed by atoms with Gasteiger partial charge in [-0.2, -0.15) is 5.26 Å². The van der Waals surface area contributed by atoms with Crippen LogP contribution in [0.2, 0.25) is 0 Å². The van der Waals surface area contributed by atoms with Crippen LogP contribution in [-0.4, -0.2) is 6.36 Å². The Morgan fingerprint density at radius 1 is 1.47 bits per heavy atom. The van der Waals surface area contributed by atoms with E-state index in [1.54, 1.807) is 6.07 Å². The first-order valence-electron chi connectivity index (χ1n) is 4.51. The van der Waals surface area contributed by atoms with E-state index in [0.717, 1.165) is 6.07 Å². The molecule has 0 aliphatic carbocycles. The van der Waals surface area contributed by atoms with Crippen LogP contribution in [0.4, 0.5) is 13.2 Å². The van der Waals surface area contributed by atoms with E-state index >= 15 is 0 Å². The SMILES string of the molecule is N#CC[C@H](N)c1cc(Br)ccc1OC(F)(F)F. The van der Waals surface area contributed by atoms with Crippen LogP contribution in [0.15, 0.2) is 22.7 Å². The van der Waals surface area contributed by atoms with E-state index in [4.69, 9.17) is 11.0 Å². The normalized spacial score (nSPS) is 12.9. The minimum absolute atomic E-state index is 0.0926. The molecule has 3 nitrogen and oxygen atoms in total. The lowest BCUT2D eigenvalue weighted by molar-refractivity contribution is -0.275. The summed E-state index contributed by atoms with van der Waals surface area (Å²) in [7, 11) is 0. The van der Waals surface area contributed by atoms with Gasteiger partial charge in [0.15, 0.2) is 0 Å². The smallest absolute Gasteiger partial charge is 0.405 e. The van der Waals surface area contributed by atoms with Gasteiger partial charge in [-0.1, -0.05) is 15.9 Å². The molecule has 7 heteroatoms. The van der Waals surface area contributed by atoms with Crippen molar-refractivity contribution in [1.29, 1.82) is 5.26 Å². The van der Waals surface area contributed by atoms with Gasteiger partial charge in [-0.3, -0.25) is 0 Å². The number of hydrogen-bond donors (Lipinski definition) is 1. The van der Waals surface area contributed by atoms with E-state index in [1.165, 1.54) is 12.1 Å². The van der Waals surface area contributed by atoms with Gasteiger partial charge in [-0.25, -0.2) is 0 Å². The Hall–Kier alpha value is -1.26. The summed E-state index contributed by atoms with van der Waals surface area (Å²) in [6, 6.07) is 4.94. The number of nitriles is 1. The second kappa shape index (κ2) is 5.38. The van der Waals surface area contributed by atoms with Crippen molar-refractivity contribution < 1.29 is 17.9 Å². The lowest BCUT2D eigenvalue weighted by atomic mass is 10.0. The first-order chi connectivity index (χ1) is 7.83. The molecule has 0 amide bonds. The second-order valence-electron chi connectivity index (χ2n) is 3.20. The summed E-state index contributed by atoms with van der Waals surface area (Å²) in [6.45, 7) is 0. The fraction of sp³-hybridized carbons (Fsp3) is 0.300. The summed E-state index contributed by atoms with van der Waals surface area (Å²) in [5, 5.41) is 8.49. The third kappa shape index (κ3) is 4.24. The van der Waals surface area contributed by atoms with E-state index in [1.807, 2.05) is 0 Å². The Balaban J connectivity index is 3.08. The van der Waals surface area contributed by atoms with Gasteiger partial charge in [0, 0.05) is 16.1 Å². The van der Waals surface area contributed by atoms with Crippen molar-refractivity contribution in [3.8, 4) is 11.8 Å². The molecule has 0 radical (unpaired) electrons. The van der Waals surface area contributed by atoms with Crippen LogP contribution in [0.3, 0.4) is 0 Å². The Labute approximate surface area is 104 Å². The average Bonchev–Trinajstić information content (AvgIpc) is 2.19. The van der Waals surface area contributed by atoms with Crippen molar-refractivity contribution in [3.05, 3.63) is 28.2 Å². The van der Waals surface area contributed by atoms with E-state index in [9.17, 15) is 13.2 Å². The van der Waals surface area contributed by atoms with Crippen LogP contribution in [0.1, 0.15) is 18.0 Å². The van der Waals surface area contributed by atoms with E-state index in [2.05, 4.69) is 20.7 Å². The predicted molar refractivity (Wildman–Crippen MR) is 58.0 cm³/mol. The van der Waals surface area contributed by atoms with Gasteiger partial charge >= 0.3 is 6.36 Å². The highest BCUT2D eigenvalue weighted by atomic mass is 79.9. The number of hydrogen-bond acceptors (Lipinski definition) is 3. The molecule has 0 saturated carbocycles. The average molecular weight is 309 g/mol. The maximum absolute atomic E-state index is 12.1. The number of rotatable bonds is 3. The van der Waals surface area contributed by atoms with Crippen LogP contribution in [0.5, 0.6) is 5.75 Å². The Bertz CT molecular complexity index is 442. The molecule has 0 saturated heterocycles. The minimum Gasteiger partial charge on any atom is -0.405 e. The number of nitrogens with two attached hydrogens (primary N) is 1. The summed E-state index contributed by atoms with van der Waals surface area (Å²) in [6.07, 6.45) is -4.88. The summed E-state index contributed by atoms with van der Waals surface area (Å²) < 4.78 is 40.8. The van der Waals surface area contributed by atoms with Crippen molar-refractivity contribution in [1.82, 2.24) is 0 Å². The molecule has 0 spiro atoms. The van der Waals surface area contributed by atoms with Gasteiger partial charge in [0.1, 0.15) is 5.75 Å². The van der Waals surface area contributed by atoms with Crippen LogP contribution >= 0.6 is 15.9 Å². The first kappa shape index (κ1) is 13.8. The molecule has 1 rings (SSSR count). The van der Waals surface area contributed by atoms with E-state index in [-0.39, 0.29) is 17.7 Å². The molecule has 0 aliphatic heterocycles. The maximum atomic E-state index is 12.1. The molecule has 0 aliphatic rings. The largest absolute Gasteiger partial charge is 0.573 e. The van der Waals surface area contributed by atoms with Crippen molar-refractivity contribution in [3.63, 3.8) is 0 Å². The molecule has 1 aromatic carbocycles. The number of alkyl halides is 3. The van der Waals surface area contributed by atoms with Crippen molar-refractivity contribution in [2.24, 2.45) is 5.73 Å². The van der Waals surface area contributed by atoms with Gasteiger partial charge in [0.25, 0.3) is 0 Å². The van der Waals surface area contributed by atoms with Crippen LogP contribution in [0.25, 0.3) is 0 Å². The fourth-order valence-electron chi connectivity index (χ4n) is 1.24. The Morgan fingerprint density at radius 3 is 2.65 bits per heavy atom. The second-order valence-corrected chi connectivity index (χ2v) is 4.11. The summed E-state index contributed by atoms with van der Waals surface area (Å²) in [4.78, 5) is 0. The molecule has 17 heavy (non-hydrogen) atoms. The molecular weight excluding hydrogens is 301 g/mol. The molecule has 0 heterocycles. The van der Waals surface area contributed by atoms with Crippen LogP contribution < -0.4 is 10.5 Å². The number of ether oxygens (including phenoxy) is 1. The topological polar surface area (TPSA) is 59.0 Å². The van der Waals surface area contributed by atoms with Gasteiger partial charge in [-0.15, -0.1) is 13.2 Å². The molecule has 92 valence electrons. The monoisotopic (exact) mass is 308 g/mol. The summed E-state index contributed by atoms with van der Waals surface area (Å²) in [5.41, 5.74) is 5.74. The van der Waals surface area contributed by atoms with Crippen molar-refractivity contribution in [2.45, 2.75) is 18.8 Å². The Kier molecular flexibility index (Phi) is 4.37. The molecule has 0 aromatic heterocycles. The number of halogens is 4. The lowest BCUT2D eigenvalue weighted by Crippen LogP contribution is -2.20. The van der Waals surface area contributed by atoms with E-state index < -0.39 is 12.4 Å². The quantitative estimate of drug-likeness (QED) is 0.932. The first-order valence-corrected chi connectivity index (χ1v) is 5.30. The fourth-order valence-corrected chi connectivity index (χ4v) is 1.61. The molecular formula is C10H8BrF3N2O. The van der Waals surface area contributed by atoms with Crippen molar-refractivity contribution in [2.75, 3.05) is 0 Å². The summed E-state index contributed by atoms with van der Waals surface area (Å²) in [5.74, 6) is -0.386. The molecule has 0 fully saturated rings. The highest BCUT2D eigenvalue weighted by Gasteiger charge is 2.32. The van der Waals surface area contributed by atoms with Gasteiger partial charge in [0.2, 0.25) is 0 Å². The van der Waals surface area contributed by atoms with E-state index in [0.29, 0.717) is 4.47 Å². The molecule has 0 bridgehead atoms. The molecule has 2 N–H and O–H groups in total. The standard InChI is InChI=1S/C10H8BrF3N2O/c11-6-1-2-9(17-10(12,13)14)7(5-6)8(16)3-4-15/h1-2,5,8H,3,16H2/t8-/m0/s1. The highest BCUT2D eigenvalue weighted by Crippen LogP contribution is 2.32. The predicted octanol–water partition coefficient (Wildman–Crippen LogP) is 3.26. The molecule has 1 aromatic rings. The zero-order valence-electron chi connectivity index (χ0n) is 8.46. The van der Waals surface area contributed by atoms with Gasteiger partial charge in [-0.05, 0) is 18.2 Å². The third-order valence-corrected chi connectivity index (χ3v) is 2.40. The zero-order valence-corrected chi connectivity index (χ0v) is 10.0. The Morgan fingerprint density at radius 2 is 2.12 bits per heavy atom. The molecule has 1 atom stereocenters. The highest BCUT2D eigenvalue weighted by molar-refractivity contribution is 9.10. The van der Waals surface area contributed by atoms with Gasteiger partial charge < -0.3 is 10.5 Å². The maximum Gasteiger partial charge on any atom is 0.573 e. The zero-order chi connectivity index (χ0) is 13.1. The van der Waals surface area contributed by atoms with Crippen molar-refractivity contribution >= 4 is 15.9 Å². The third-order valence-electron chi connectivity index (χ3n) is 1.91.